The summed E-state index contributed by atoms with van der Waals surface area (Å²) in [4.78, 5) is 13.8. The molecule has 0 radical (unpaired) electrons. The molecule has 1 aliphatic heterocycles. The van der Waals surface area contributed by atoms with Crippen molar-refractivity contribution in [3.8, 4) is 5.75 Å². The van der Waals surface area contributed by atoms with Crippen molar-refractivity contribution in [1.82, 2.24) is 4.90 Å². The molecule has 0 saturated heterocycles. The second-order valence-electron chi connectivity index (χ2n) is 5.39. The Morgan fingerprint density at radius 3 is 2.52 bits per heavy atom. The number of hydrogen-bond acceptors (Lipinski definition) is 3. The molecule has 4 heteroatoms. The van der Waals surface area contributed by atoms with Crippen LogP contribution in [-0.4, -0.2) is 25.2 Å². The number of carbonyl (C=O) groups is 1. The Morgan fingerprint density at radius 1 is 1.09 bits per heavy atom. The van der Waals surface area contributed by atoms with E-state index >= 15 is 0 Å². The summed E-state index contributed by atoms with van der Waals surface area (Å²) < 4.78 is 10.1. The van der Waals surface area contributed by atoms with Gasteiger partial charge in [-0.3, -0.25) is 4.90 Å². The van der Waals surface area contributed by atoms with Crippen molar-refractivity contribution in [3.05, 3.63) is 71.4 Å². The Morgan fingerprint density at radius 2 is 1.83 bits per heavy atom. The molecule has 1 unspecified atom stereocenters. The number of amides is 1. The zero-order chi connectivity index (χ0) is 16.2. The van der Waals surface area contributed by atoms with E-state index in [0.29, 0.717) is 6.42 Å². The highest BCUT2D eigenvalue weighted by Crippen LogP contribution is 2.33. The second-order valence-corrected chi connectivity index (χ2v) is 5.39. The first-order valence-electron chi connectivity index (χ1n) is 7.49. The number of carbonyl (C=O) groups excluding carboxylic acids is 1. The van der Waals surface area contributed by atoms with Crippen LogP contribution in [0.25, 0.3) is 6.08 Å². The molecule has 0 bridgehead atoms. The Balaban J connectivity index is 1.93. The summed E-state index contributed by atoms with van der Waals surface area (Å²) in [6.07, 6.45) is 4.09. The van der Waals surface area contributed by atoms with E-state index in [0.717, 1.165) is 22.4 Å². The van der Waals surface area contributed by atoms with Crippen LogP contribution in [0.5, 0.6) is 5.75 Å². The van der Waals surface area contributed by atoms with Crippen LogP contribution in [0.4, 0.5) is 4.79 Å². The smallest absolute Gasteiger partial charge is 0.414 e. The molecule has 0 saturated carbocycles. The fraction of sp³-hybridized carbons (Fsp3) is 0.211. The summed E-state index contributed by atoms with van der Waals surface area (Å²) in [5, 5.41) is 0. The number of nitrogens with zero attached hydrogens (tertiary/aromatic N) is 1. The topological polar surface area (TPSA) is 38.8 Å². The lowest BCUT2D eigenvalue weighted by molar-refractivity contribution is 0.125. The lowest BCUT2D eigenvalue weighted by Crippen LogP contribution is -2.33. The number of ether oxygens (including phenoxy) is 2. The largest absolute Gasteiger partial charge is 0.497 e. The summed E-state index contributed by atoms with van der Waals surface area (Å²) >= 11 is 0. The van der Waals surface area contributed by atoms with Crippen LogP contribution in [0.1, 0.15) is 22.7 Å². The quantitative estimate of drug-likeness (QED) is 0.859. The van der Waals surface area contributed by atoms with Gasteiger partial charge in [-0.15, -0.1) is 0 Å². The summed E-state index contributed by atoms with van der Waals surface area (Å²) in [5.74, 6) is 0.822. The van der Waals surface area contributed by atoms with E-state index in [9.17, 15) is 4.79 Å². The predicted octanol–water partition coefficient (Wildman–Crippen LogP) is 4.03. The van der Waals surface area contributed by atoms with Crippen LogP contribution >= 0.6 is 0 Å². The highest BCUT2D eigenvalue weighted by atomic mass is 16.5. The van der Waals surface area contributed by atoms with Crippen molar-refractivity contribution in [1.29, 1.82) is 0 Å². The molecular formula is C19H19NO3. The van der Waals surface area contributed by atoms with E-state index in [2.05, 4.69) is 12.1 Å². The van der Waals surface area contributed by atoms with E-state index in [4.69, 9.17) is 9.47 Å². The third-order valence-electron chi connectivity index (χ3n) is 4.08. The standard InChI is InChI=1S/C19H19NO3/c1-22-16-9-7-14(8-10-16)13-18-17-6-4-3-5-15(17)11-12-20(18)19(21)23-2/h3-12,18H,13H2,1-2H3. The van der Waals surface area contributed by atoms with Crippen LogP contribution in [0.3, 0.4) is 0 Å². The first kappa shape index (κ1) is 15.2. The molecule has 1 amide bonds. The molecule has 3 rings (SSSR count). The summed E-state index contributed by atoms with van der Waals surface area (Å²) in [5.41, 5.74) is 3.39. The molecule has 1 heterocycles. The third-order valence-corrected chi connectivity index (χ3v) is 4.08. The average molecular weight is 309 g/mol. The van der Waals surface area contributed by atoms with Crippen LogP contribution in [-0.2, 0) is 11.2 Å². The molecule has 23 heavy (non-hydrogen) atoms. The van der Waals surface area contributed by atoms with E-state index < -0.39 is 0 Å². The lowest BCUT2D eigenvalue weighted by atomic mass is 9.91. The van der Waals surface area contributed by atoms with Crippen LogP contribution in [0.2, 0.25) is 0 Å². The normalized spacial score (nSPS) is 15.9. The van der Waals surface area contributed by atoms with Crippen LogP contribution in [0.15, 0.2) is 54.7 Å². The predicted molar refractivity (Wildman–Crippen MR) is 89.2 cm³/mol. The van der Waals surface area contributed by atoms with Gasteiger partial charge in [0.2, 0.25) is 0 Å². The molecule has 0 fully saturated rings. The maximum Gasteiger partial charge on any atom is 0.414 e. The zero-order valence-corrected chi connectivity index (χ0v) is 13.2. The molecule has 0 aliphatic carbocycles. The Bertz CT molecular complexity index is 722. The van der Waals surface area contributed by atoms with Crippen molar-refractivity contribution in [2.45, 2.75) is 12.5 Å². The first-order valence-corrected chi connectivity index (χ1v) is 7.49. The maximum atomic E-state index is 12.1. The summed E-state index contributed by atoms with van der Waals surface area (Å²) in [6.45, 7) is 0. The Labute approximate surface area is 135 Å². The van der Waals surface area contributed by atoms with Crippen molar-refractivity contribution >= 4 is 12.2 Å². The van der Waals surface area contributed by atoms with Gasteiger partial charge >= 0.3 is 6.09 Å². The highest BCUT2D eigenvalue weighted by molar-refractivity contribution is 5.73. The summed E-state index contributed by atoms with van der Waals surface area (Å²) in [6, 6.07) is 15.9. The maximum absolute atomic E-state index is 12.1. The van der Waals surface area contributed by atoms with Gasteiger partial charge in [0.25, 0.3) is 0 Å². The number of benzene rings is 2. The number of rotatable bonds is 3. The average Bonchev–Trinajstić information content (AvgIpc) is 2.62. The molecule has 0 spiro atoms. The van der Waals surface area contributed by atoms with E-state index in [1.165, 1.54) is 7.11 Å². The van der Waals surface area contributed by atoms with Crippen molar-refractivity contribution < 1.29 is 14.3 Å². The van der Waals surface area contributed by atoms with Crippen LogP contribution in [0, 0.1) is 0 Å². The van der Waals surface area contributed by atoms with Gasteiger partial charge in [0, 0.05) is 6.20 Å². The Kier molecular flexibility index (Phi) is 4.33. The van der Waals surface area contributed by atoms with Gasteiger partial charge in [-0.2, -0.15) is 0 Å². The molecule has 2 aromatic carbocycles. The van der Waals surface area contributed by atoms with E-state index in [1.807, 2.05) is 42.5 Å². The highest BCUT2D eigenvalue weighted by Gasteiger charge is 2.28. The van der Waals surface area contributed by atoms with Gasteiger partial charge in [0.1, 0.15) is 5.75 Å². The van der Waals surface area contributed by atoms with Gasteiger partial charge < -0.3 is 9.47 Å². The molecule has 1 aliphatic rings. The molecule has 2 aromatic rings. The monoisotopic (exact) mass is 309 g/mol. The lowest BCUT2D eigenvalue weighted by Gasteiger charge is -2.32. The Hall–Kier alpha value is -2.75. The second kappa shape index (κ2) is 6.57. The molecule has 0 N–H and O–H groups in total. The fourth-order valence-corrected chi connectivity index (χ4v) is 2.87. The van der Waals surface area contributed by atoms with E-state index in [-0.39, 0.29) is 12.1 Å². The SMILES string of the molecule is COC(=O)N1C=Cc2ccccc2C1Cc1ccc(OC)cc1. The number of fused-ring (bicyclic) bond motifs is 1. The van der Waals surface area contributed by atoms with Crippen molar-refractivity contribution in [2.75, 3.05) is 14.2 Å². The summed E-state index contributed by atoms with van der Waals surface area (Å²) in [7, 11) is 3.05. The van der Waals surface area contributed by atoms with Gasteiger partial charge in [-0.1, -0.05) is 36.4 Å². The van der Waals surface area contributed by atoms with Gasteiger partial charge in [-0.05, 0) is 41.3 Å². The minimum absolute atomic E-state index is 0.0861. The van der Waals surface area contributed by atoms with Crippen molar-refractivity contribution in [2.24, 2.45) is 0 Å². The fourth-order valence-electron chi connectivity index (χ4n) is 2.87. The molecule has 118 valence electrons. The zero-order valence-electron chi connectivity index (χ0n) is 13.2. The minimum atomic E-state index is -0.353. The number of methoxy groups -OCH3 is 2. The molecule has 0 aromatic heterocycles. The minimum Gasteiger partial charge on any atom is -0.497 e. The molecule has 1 atom stereocenters. The van der Waals surface area contributed by atoms with Crippen molar-refractivity contribution in [3.63, 3.8) is 0 Å². The van der Waals surface area contributed by atoms with Gasteiger partial charge in [-0.25, -0.2) is 4.79 Å². The van der Waals surface area contributed by atoms with Gasteiger partial charge in [0.05, 0.1) is 20.3 Å². The van der Waals surface area contributed by atoms with Crippen LogP contribution < -0.4 is 4.74 Å². The molecule has 4 nitrogen and oxygen atoms in total. The third kappa shape index (κ3) is 3.06. The van der Waals surface area contributed by atoms with Gasteiger partial charge in [0.15, 0.2) is 0 Å². The van der Waals surface area contributed by atoms with E-state index in [1.54, 1.807) is 18.2 Å². The molecular weight excluding hydrogens is 290 g/mol. The first-order chi connectivity index (χ1) is 11.2. The number of hydrogen-bond donors (Lipinski definition) is 0.